The molecule has 0 bridgehead atoms. The first-order valence-electron chi connectivity index (χ1n) is 6.44. The summed E-state index contributed by atoms with van der Waals surface area (Å²) in [4.78, 5) is 28.2. The van der Waals surface area contributed by atoms with Gasteiger partial charge in [0.25, 0.3) is 5.91 Å². The lowest BCUT2D eigenvalue weighted by Crippen LogP contribution is -2.22. The van der Waals surface area contributed by atoms with Crippen molar-refractivity contribution in [2.75, 3.05) is 5.32 Å². The number of benzene rings is 1. The number of fused-ring (bicyclic) bond motifs is 1. The second-order valence-corrected chi connectivity index (χ2v) is 4.81. The molecule has 0 radical (unpaired) electrons. The van der Waals surface area contributed by atoms with Gasteiger partial charge in [0.15, 0.2) is 0 Å². The summed E-state index contributed by atoms with van der Waals surface area (Å²) in [6, 6.07) is 8.71. The minimum Gasteiger partial charge on any atom is -0.465 e. The molecule has 0 saturated heterocycles. The maximum atomic E-state index is 12.0. The van der Waals surface area contributed by atoms with Gasteiger partial charge in [-0.3, -0.25) is 14.7 Å². The van der Waals surface area contributed by atoms with Crippen LogP contribution in [0.3, 0.4) is 0 Å². The molecule has 1 aliphatic heterocycles. The minimum absolute atomic E-state index is 0.217. The number of carbonyl (C=O) groups excluding carboxylic acids is 1. The molecule has 1 aromatic heterocycles. The van der Waals surface area contributed by atoms with Crippen molar-refractivity contribution in [3.8, 4) is 0 Å². The van der Waals surface area contributed by atoms with Gasteiger partial charge in [-0.2, -0.15) is 0 Å². The van der Waals surface area contributed by atoms with Crippen molar-refractivity contribution in [2.45, 2.75) is 13.1 Å². The number of nitrogens with one attached hydrogen (secondary N) is 1. The Morgan fingerprint density at radius 2 is 1.81 bits per heavy atom. The van der Waals surface area contributed by atoms with Crippen LogP contribution in [0.15, 0.2) is 42.7 Å². The molecule has 0 aliphatic carbocycles. The smallest absolute Gasteiger partial charge is 0.407 e. The Bertz CT molecular complexity index is 701. The molecule has 2 aromatic rings. The van der Waals surface area contributed by atoms with Crippen molar-refractivity contribution in [1.29, 1.82) is 0 Å². The molecule has 0 fully saturated rings. The Kier molecular flexibility index (Phi) is 3.27. The molecule has 6 nitrogen and oxygen atoms in total. The SMILES string of the molecule is O=C(Nc1ccc2c(c1)CN(C(=O)O)C2)c1ccncc1. The van der Waals surface area contributed by atoms with Gasteiger partial charge in [-0.1, -0.05) is 6.07 Å². The first-order valence-corrected chi connectivity index (χ1v) is 6.44. The zero-order chi connectivity index (χ0) is 14.8. The summed E-state index contributed by atoms with van der Waals surface area (Å²) in [5.41, 5.74) is 3.07. The highest BCUT2D eigenvalue weighted by Gasteiger charge is 2.23. The van der Waals surface area contributed by atoms with Gasteiger partial charge in [-0.25, -0.2) is 4.79 Å². The Labute approximate surface area is 121 Å². The Hall–Kier alpha value is -2.89. The van der Waals surface area contributed by atoms with E-state index in [2.05, 4.69) is 10.3 Å². The third kappa shape index (κ3) is 2.69. The van der Waals surface area contributed by atoms with Crippen LogP contribution in [-0.2, 0) is 13.1 Å². The number of carbonyl (C=O) groups is 2. The summed E-state index contributed by atoms with van der Waals surface area (Å²) in [7, 11) is 0. The molecule has 2 heterocycles. The van der Waals surface area contributed by atoms with Crippen molar-refractivity contribution >= 4 is 17.7 Å². The average Bonchev–Trinajstić information content (AvgIpc) is 2.91. The van der Waals surface area contributed by atoms with Gasteiger partial charge < -0.3 is 10.4 Å². The Morgan fingerprint density at radius 3 is 2.52 bits per heavy atom. The normalized spacial score (nSPS) is 12.9. The van der Waals surface area contributed by atoms with E-state index in [1.807, 2.05) is 12.1 Å². The Balaban J connectivity index is 1.76. The maximum absolute atomic E-state index is 12.0. The molecular formula is C15H13N3O3. The highest BCUT2D eigenvalue weighted by molar-refractivity contribution is 6.04. The van der Waals surface area contributed by atoms with E-state index in [0.29, 0.717) is 24.3 Å². The van der Waals surface area contributed by atoms with E-state index in [1.165, 1.54) is 4.90 Å². The van der Waals surface area contributed by atoms with Crippen LogP contribution in [0.4, 0.5) is 10.5 Å². The van der Waals surface area contributed by atoms with Crippen molar-refractivity contribution in [1.82, 2.24) is 9.88 Å². The lowest BCUT2D eigenvalue weighted by atomic mass is 10.1. The summed E-state index contributed by atoms with van der Waals surface area (Å²) in [6.45, 7) is 0.743. The van der Waals surface area contributed by atoms with Crippen molar-refractivity contribution in [3.05, 3.63) is 59.4 Å². The van der Waals surface area contributed by atoms with E-state index in [1.54, 1.807) is 30.6 Å². The van der Waals surface area contributed by atoms with Crippen LogP contribution < -0.4 is 5.32 Å². The van der Waals surface area contributed by atoms with Crippen LogP contribution >= 0.6 is 0 Å². The number of amides is 2. The van der Waals surface area contributed by atoms with Crippen LogP contribution in [0.25, 0.3) is 0 Å². The highest BCUT2D eigenvalue weighted by atomic mass is 16.4. The van der Waals surface area contributed by atoms with Gasteiger partial charge in [-0.05, 0) is 35.4 Å². The highest BCUT2D eigenvalue weighted by Crippen LogP contribution is 2.25. The standard InChI is InChI=1S/C15H13N3O3/c19-14(10-3-5-16-6-4-10)17-13-2-1-11-8-18(15(20)21)9-12(11)7-13/h1-7H,8-9H2,(H,17,19)(H,20,21). The molecule has 2 amide bonds. The first kappa shape index (κ1) is 13.1. The predicted octanol–water partition coefficient (Wildman–Crippen LogP) is 2.33. The van der Waals surface area contributed by atoms with Gasteiger partial charge in [0.05, 0.1) is 0 Å². The first-order chi connectivity index (χ1) is 10.1. The third-order valence-corrected chi connectivity index (χ3v) is 3.40. The number of hydrogen-bond donors (Lipinski definition) is 2. The van der Waals surface area contributed by atoms with Gasteiger partial charge in [0.1, 0.15) is 0 Å². The largest absolute Gasteiger partial charge is 0.465 e. The van der Waals surface area contributed by atoms with Crippen molar-refractivity contribution in [3.63, 3.8) is 0 Å². The zero-order valence-electron chi connectivity index (χ0n) is 11.1. The summed E-state index contributed by atoms with van der Waals surface area (Å²) < 4.78 is 0. The monoisotopic (exact) mass is 283 g/mol. The minimum atomic E-state index is -0.937. The Morgan fingerprint density at radius 1 is 1.10 bits per heavy atom. The molecular weight excluding hydrogens is 270 g/mol. The van der Waals surface area contributed by atoms with Crippen LogP contribution in [-0.4, -0.2) is 27.0 Å². The van der Waals surface area contributed by atoms with E-state index in [0.717, 1.165) is 11.1 Å². The molecule has 0 unspecified atom stereocenters. The number of carboxylic acid groups (broad SMARTS) is 1. The summed E-state index contributed by atoms with van der Waals surface area (Å²) in [5.74, 6) is -0.217. The number of pyridine rings is 1. The fraction of sp³-hybridized carbons (Fsp3) is 0.133. The summed E-state index contributed by atoms with van der Waals surface area (Å²) in [6.07, 6.45) is 2.18. The third-order valence-electron chi connectivity index (χ3n) is 3.40. The van der Waals surface area contributed by atoms with Gasteiger partial charge in [0.2, 0.25) is 0 Å². The van der Waals surface area contributed by atoms with Gasteiger partial charge in [-0.15, -0.1) is 0 Å². The second-order valence-electron chi connectivity index (χ2n) is 4.81. The number of hydrogen-bond acceptors (Lipinski definition) is 3. The molecule has 0 spiro atoms. The fourth-order valence-electron chi connectivity index (χ4n) is 2.31. The summed E-state index contributed by atoms with van der Waals surface area (Å²) >= 11 is 0. The number of anilines is 1. The van der Waals surface area contributed by atoms with E-state index >= 15 is 0 Å². The zero-order valence-corrected chi connectivity index (χ0v) is 11.1. The molecule has 1 aromatic carbocycles. The fourth-order valence-corrected chi connectivity index (χ4v) is 2.31. The molecule has 21 heavy (non-hydrogen) atoms. The molecule has 106 valence electrons. The quantitative estimate of drug-likeness (QED) is 0.886. The molecule has 0 atom stereocenters. The molecule has 3 rings (SSSR count). The second kappa shape index (κ2) is 5.24. The van der Waals surface area contributed by atoms with Crippen LogP contribution in [0.5, 0.6) is 0 Å². The van der Waals surface area contributed by atoms with Gasteiger partial charge in [0, 0.05) is 36.7 Å². The predicted molar refractivity (Wildman–Crippen MR) is 75.9 cm³/mol. The number of aromatic nitrogens is 1. The lowest BCUT2D eigenvalue weighted by Gasteiger charge is -2.08. The van der Waals surface area contributed by atoms with Crippen LogP contribution in [0, 0.1) is 0 Å². The van der Waals surface area contributed by atoms with Crippen molar-refractivity contribution < 1.29 is 14.7 Å². The molecule has 2 N–H and O–H groups in total. The van der Waals surface area contributed by atoms with Gasteiger partial charge >= 0.3 is 6.09 Å². The van der Waals surface area contributed by atoms with E-state index in [4.69, 9.17) is 5.11 Å². The number of nitrogens with zero attached hydrogens (tertiary/aromatic N) is 2. The summed E-state index contributed by atoms with van der Waals surface area (Å²) in [5, 5.41) is 11.8. The molecule has 0 saturated carbocycles. The van der Waals surface area contributed by atoms with E-state index in [-0.39, 0.29) is 5.91 Å². The number of rotatable bonds is 2. The van der Waals surface area contributed by atoms with Crippen molar-refractivity contribution in [2.24, 2.45) is 0 Å². The average molecular weight is 283 g/mol. The van der Waals surface area contributed by atoms with Crippen LogP contribution in [0.1, 0.15) is 21.5 Å². The van der Waals surface area contributed by atoms with E-state index < -0.39 is 6.09 Å². The molecule has 1 aliphatic rings. The van der Waals surface area contributed by atoms with E-state index in [9.17, 15) is 9.59 Å². The lowest BCUT2D eigenvalue weighted by molar-refractivity contribution is 0.102. The van der Waals surface area contributed by atoms with Crippen LogP contribution in [0.2, 0.25) is 0 Å². The maximum Gasteiger partial charge on any atom is 0.407 e. The molecule has 6 heteroatoms. The topological polar surface area (TPSA) is 82.5 Å².